The highest BCUT2D eigenvalue weighted by Crippen LogP contribution is 2.28. The molecule has 1 atom stereocenters. The molecule has 1 aromatic rings. The molecule has 5 nitrogen and oxygen atoms in total. The van der Waals surface area contributed by atoms with Gasteiger partial charge in [-0.25, -0.2) is 0 Å². The maximum atomic E-state index is 12.5. The summed E-state index contributed by atoms with van der Waals surface area (Å²) < 4.78 is 5.75. The predicted octanol–water partition coefficient (Wildman–Crippen LogP) is 3.13. The van der Waals surface area contributed by atoms with Gasteiger partial charge in [0.25, 0.3) is 0 Å². The third kappa shape index (κ3) is 5.22. The zero-order chi connectivity index (χ0) is 17.0. The summed E-state index contributed by atoms with van der Waals surface area (Å²) in [5.41, 5.74) is 0.425. The lowest BCUT2D eigenvalue weighted by molar-refractivity contribution is -0.143. The molecule has 23 heavy (non-hydrogen) atoms. The van der Waals surface area contributed by atoms with Crippen LogP contribution < -0.4 is 0 Å². The summed E-state index contributed by atoms with van der Waals surface area (Å²) >= 11 is 5.89. The molecule has 0 aromatic heterocycles. The largest absolute Gasteiger partial charge is 0.481 e. The minimum atomic E-state index is -0.885. The number of morpholine rings is 1. The van der Waals surface area contributed by atoms with Gasteiger partial charge in [-0.15, -0.1) is 0 Å². The Morgan fingerprint density at radius 2 is 1.96 bits per heavy atom. The van der Waals surface area contributed by atoms with Crippen molar-refractivity contribution in [2.75, 3.05) is 19.7 Å². The van der Waals surface area contributed by atoms with Crippen molar-refractivity contribution in [3.8, 4) is 0 Å². The van der Waals surface area contributed by atoms with Crippen molar-refractivity contribution in [1.82, 2.24) is 4.90 Å². The van der Waals surface area contributed by atoms with Crippen LogP contribution in [0.4, 0.5) is 0 Å². The monoisotopic (exact) mass is 339 g/mol. The summed E-state index contributed by atoms with van der Waals surface area (Å²) in [5, 5.41) is 9.59. The lowest BCUT2D eigenvalue weighted by Gasteiger charge is -2.35. The van der Waals surface area contributed by atoms with Gasteiger partial charge in [0.2, 0.25) is 5.91 Å². The second-order valence-corrected chi connectivity index (χ2v) is 7.10. The van der Waals surface area contributed by atoms with Crippen molar-refractivity contribution < 1.29 is 19.4 Å². The van der Waals surface area contributed by atoms with E-state index in [0.29, 0.717) is 24.7 Å². The summed E-state index contributed by atoms with van der Waals surface area (Å²) in [4.78, 5) is 25.1. The quantitative estimate of drug-likeness (QED) is 0.895. The number of nitrogens with zero attached hydrogens (tertiary/aromatic N) is 1. The number of carboxylic acids is 1. The van der Waals surface area contributed by atoms with Gasteiger partial charge < -0.3 is 14.7 Å². The summed E-state index contributed by atoms with van der Waals surface area (Å²) in [6, 6.07) is 7.40. The number of benzene rings is 1. The number of rotatable bonds is 5. The standard InChI is InChI=1S/C17H22ClNO4/c1-17(2,10-16(21)22)9-15(20)19-7-8-23-14(11-19)12-3-5-13(18)6-4-12/h3-6,14H,7-11H2,1-2H3,(H,21,22)/t14-/m1/s1. The molecule has 1 aliphatic rings. The van der Waals surface area contributed by atoms with Gasteiger partial charge in [0.1, 0.15) is 6.10 Å². The number of halogens is 1. The second kappa shape index (κ2) is 7.32. The first kappa shape index (κ1) is 17.8. The highest BCUT2D eigenvalue weighted by molar-refractivity contribution is 6.30. The van der Waals surface area contributed by atoms with E-state index >= 15 is 0 Å². The average Bonchev–Trinajstić information content (AvgIpc) is 2.46. The van der Waals surface area contributed by atoms with E-state index in [2.05, 4.69) is 0 Å². The molecule has 1 fully saturated rings. The van der Waals surface area contributed by atoms with Gasteiger partial charge in [-0.3, -0.25) is 9.59 Å². The van der Waals surface area contributed by atoms with Gasteiger partial charge in [0.15, 0.2) is 0 Å². The van der Waals surface area contributed by atoms with Crippen LogP contribution in [0.15, 0.2) is 24.3 Å². The lowest BCUT2D eigenvalue weighted by atomic mass is 9.85. The van der Waals surface area contributed by atoms with Crippen LogP contribution in [0.3, 0.4) is 0 Å². The molecule has 6 heteroatoms. The summed E-state index contributed by atoms with van der Waals surface area (Å²) in [6.07, 6.45) is 0.0172. The molecular formula is C17H22ClNO4. The number of aliphatic carboxylic acids is 1. The topological polar surface area (TPSA) is 66.8 Å². The molecule has 0 aliphatic carbocycles. The predicted molar refractivity (Wildman–Crippen MR) is 87.4 cm³/mol. The van der Waals surface area contributed by atoms with E-state index in [4.69, 9.17) is 21.4 Å². The maximum absolute atomic E-state index is 12.5. The van der Waals surface area contributed by atoms with Crippen LogP contribution >= 0.6 is 11.6 Å². The van der Waals surface area contributed by atoms with Gasteiger partial charge >= 0.3 is 5.97 Å². The van der Waals surface area contributed by atoms with Crippen LogP contribution in [0.5, 0.6) is 0 Å². The van der Waals surface area contributed by atoms with Crippen LogP contribution in [0, 0.1) is 5.41 Å². The van der Waals surface area contributed by atoms with Crippen molar-refractivity contribution in [1.29, 1.82) is 0 Å². The highest BCUT2D eigenvalue weighted by atomic mass is 35.5. The zero-order valence-corrected chi connectivity index (χ0v) is 14.2. The van der Waals surface area contributed by atoms with Crippen molar-refractivity contribution in [2.45, 2.75) is 32.8 Å². The molecule has 0 saturated carbocycles. The molecule has 0 radical (unpaired) electrons. The summed E-state index contributed by atoms with van der Waals surface area (Å²) in [6.45, 7) is 5.08. The zero-order valence-electron chi connectivity index (χ0n) is 13.4. The minimum absolute atomic E-state index is 0.0241. The van der Waals surface area contributed by atoms with Crippen LogP contribution in [-0.2, 0) is 14.3 Å². The van der Waals surface area contributed by atoms with Crippen LogP contribution in [-0.4, -0.2) is 41.6 Å². The number of carbonyl (C=O) groups is 2. The van der Waals surface area contributed by atoms with Gasteiger partial charge in [-0.1, -0.05) is 37.6 Å². The Kier molecular flexibility index (Phi) is 5.65. The highest BCUT2D eigenvalue weighted by Gasteiger charge is 2.31. The first-order valence-corrected chi connectivity index (χ1v) is 8.01. The second-order valence-electron chi connectivity index (χ2n) is 6.66. The molecular weight excluding hydrogens is 318 g/mol. The molecule has 1 saturated heterocycles. The lowest BCUT2D eigenvalue weighted by Crippen LogP contribution is -2.43. The number of ether oxygens (including phenoxy) is 1. The molecule has 1 aromatic carbocycles. The van der Waals surface area contributed by atoms with Gasteiger partial charge in [-0.05, 0) is 23.1 Å². The van der Waals surface area contributed by atoms with Crippen molar-refractivity contribution >= 4 is 23.5 Å². The molecule has 0 bridgehead atoms. The molecule has 1 heterocycles. The van der Waals surface area contributed by atoms with Gasteiger partial charge in [0, 0.05) is 18.0 Å². The van der Waals surface area contributed by atoms with E-state index in [9.17, 15) is 9.59 Å². The maximum Gasteiger partial charge on any atom is 0.303 e. The fourth-order valence-electron chi connectivity index (χ4n) is 2.75. The number of amides is 1. The Labute approximate surface area is 141 Å². The SMILES string of the molecule is CC(C)(CC(=O)O)CC(=O)N1CCO[C@@H](c2ccc(Cl)cc2)C1. The number of carbonyl (C=O) groups excluding carboxylic acids is 1. The Hall–Kier alpha value is -1.59. The third-order valence-corrected chi connectivity index (χ3v) is 4.17. The van der Waals surface area contributed by atoms with Gasteiger partial charge in [-0.2, -0.15) is 0 Å². The summed E-state index contributed by atoms with van der Waals surface area (Å²) in [7, 11) is 0. The van der Waals surface area contributed by atoms with Crippen LogP contribution in [0.25, 0.3) is 0 Å². The Bertz CT molecular complexity index is 570. The fourth-order valence-corrected chi connectivity index (χ4v) is 2.87. The van der Waals surface area contributed by atoms with Crippen LogP contribution in [0.1, 0.15) is 38.4 Å². The molecule has 1 amide bonds. The summed E-state index contributed by atoms with van der Waals surface area (Å²) in [5.74, 6) is -0.915. The molecule has 1 aliphatic heterocycles. The Balaban J connectivity index is 1.99. The number of carboxylic acid groups (broad SMARTS) is 1. The number of hydrogen-bond donors (Lipinski definition) is 1. The van der Waals surface area contributed by atoms with Gasteiger partial charge in [0.05, 0.1) is 19.6 Å². The molecule has 126 valence electrons. The van der Waals surface area contributed by atoms with E-state index in [0.717, 1.165) is 5.56 Å². The van der Waals surface area contributed by atoms with E-state index < -0.39 is 11.4 Å². The third-order valence-electron chi connectivity index (χ3n) is 3.92. The Morgan fingerprint density at radius 1 is 1.30 bits per heavy atom. The van der Waals surface area contributed by atoms with E-state index in [-0.39, 0.29) is 24.9 Å². The fraction of sp³-hybridized carbons (Fsp3) is 0.529. The van der Waals surface area contributed by atoms with Crippen LogP contribution in [0.2, 0.25) is 5.02 Å². The Morgan fingerprint density at radius 3 is 2.57 bits per heavy atom. The van der Waals surface area contributed by atoms with E-state index in [1.807, 2.05) is 12.1 Å². The number of hydrogen-bond acceptors (Lipinski definition) is 3. The van der Waals surface area contributed by atoms with E-state index in [1.165, 1.54) is 0 Å². The first-order valence-electron chi connectivity index (χ1n) is 7.63. The molecule has 1 N–H and O–H groups in total. The average molecular weight is 340 g/mol. The molecule has 0 unspecified atom stereocenters. The molecule has 2 rings (SSSR count). The van der Waals surface area contributed by atoms with Crippen molar-refractivity contribution in [3.63, 3.8) is 0 Å². The normalized spacial score (nSPS) is 18.7. The first-order chi connectivity index (χ1) is 10.8. The van der Waals surface area contributed by atoms with E-state index in [1.54, 1.807) is 30.9 Å². The van der Waals surface area contributed by atoms with Crippen molar-refractivity contribution in [2.24, 2.45) is 5.41 Å². The van der Waals surface area contributed by atoms with Crippen molar-refractivity contribution in [3.05, 3.63) is 34.9 Å². The smallest absolute Gasteiger partial charge is 0.303 e. The minimum Gasteiger partial charge on any atom is -0.481 e. The molecule has 0 spiro atoms.